The highest BCUT2D eigenvalue weighted by Gasteiger charge is 2.37. The van der Waals surface area contributed by atoms with Gasteiger partial charge in [0.05, 0.1) is 18.7 Å². The topological polar surface area (TPSA) is 95.0 Å². The molecule has 2 heterocycles. The molecule has 1 aromatic heterocycles. The van der Waals surface area contributed by atoms with Crippen LogP contribution in [-0.2, 0) is 4.74 Å². The summed E-state index contributed by atoms with van der Waals surface area (Å²) in [5.41, 5.74) is 0.972. The summed E-state index contributed by atoms with van der Waals surface area (Å²) in [6.07, 6.45) is 0.627. The Balaban J connectivity index is 2.29. The van der Waals surface area contributed by atoms with E-state index < -0.39 is 11.5 Å². The fourth-order valence-electron chi connectivity index (χ4n) is 2.44. The second-order valence-electron chi connectivity index (χ2n) is 5.07. The van der Waals surface area contributed by atoms with Gasteiger partial charge in [-0.1, -0.05) is 0 Å². The van der Waals surface area contributed by atoms with Crippen LogP contribution in [0.5, 0.6) is 0 Å². The van der Waals surface area contributed by atoms with E-state index in [1.807, 2.05) is 0 Å². The fraction of sp³-hybridized carbons (Fsp3) is 0.500. The largest absolute Gasteiger partial charge is 0.465 e. The molecule has 0 spiro atoms. The molecular formula is C14H17N3O3S. The number of hydrogen-bond donors (Lipinski definition) is 2. The molecule has 6 nitrogen and oxygen atoms in total. The first-order valence-corrected chi connectivity index (χ1v) is 7.68. The van der Waals surface area contributed by atoms with Gasteiger partial charge in [0.2, 0.25) is 0 Å². The molecule has 7 heteroatoms. The average Bonchev–Trinajstić information content (AvgIpc) is 3.04. The molecule has 1 fully saturated rings. The minimum atomic E-state index is -0.821. The van der Waals surface area contributed by atoms with Crippen molar-refractivity contribution in [2.24, 2.45) is 0 Å². The number of amides is 1. The molecule has 1 amide bonds. The Morgan fingerprint density at radius 2 is 2.19 bits per heavy atom. The molecule has 0 bridgehead atoms. The second kappa shape index (κ2) is 5.82. The predicted molar refractivity (Wildman–Crippen MR) is 79.4 cm³/mol. The minimum Gasteiger partial charge on any atom is -0.465 e. The van der Waals surface area contributed by atoms with E-state index in [1.54, 1.807) is 25.6 Å². The predicted octanol–water partition coefficient (Wildman–Crippen LogP) is 1.55. The summed E-state index contributed by atoms with van der Waals surface area (Å²) in [6, 6.07) is 2.19. The van der Waals surface area contributed by atoms with Crippen molar-refractivity contribution in [1.82, 2.24) is 10.3 Å². The zero-order chi connectivity index (χ0) is 15.6. The van der Waals surface area contributed by atoms with E-state index in [0.717, 1.165) is 5.75 Å². The highest BCUT2D eigenvalue weighted by Crippen LogP contribution is 2.28. The van der Waals surface area contributed by atoms with Gasteiger partial charge in [0.25, 0.3) is 5.91 Å². The number of methoxy groups -OCH3 is 1. The van der Waals surface area contributed by atoms with Crippen LogP contribution in [0.3, 0.4) is 0 Å². The lowest BCUT2D eigenvalue weighted by Crippen LogP contribution is -2.47. The average molecular weight is 307 g/mol. The lowest BCUT2D eigenvalue weighted by Gasteiger charge is -2.21. The van der Waals surface area contributed by atoms with E-state index >= 15 is 0 Å². The summed E-state index contributed by atoms with van der Waals surface area (Å²) in [7, 11) is 1.30. The Kier molecular flexibility index (Phi) is 4.28. The summed E-state index contributed by atoms with van der Waals surface area (Å²) in [4.78, 5) is 27.0. The van der Waals surface area contributed by atoms with E-state index in [9.17, 15) is 14.9 Å². The number of nitrogens with one attached hydrogen (secondary N) is 2. The Hall–Kier alpha value is -1.94. The third-order valence-electron chi connectivity index (χ3n) is 3.64. The standard InChI is InChI=1S/C14H17N3O3S/c1-8-10(13(19)20-3)9(2)16-11(8)12(18)17-14(6-15)4-5-21-7-14/h16H,4-5,7H2,1-3H3,(H,17,18). The highest BCUT2D eigenvalue weighted by molar-refractivity contribution is 7.99. The van der Waals surface area contributed by atoms with E-state index in [0.29, 0.717) is 34.7 Å². The zero-order valence-electron chi connectivity index (χ0n) is 12.2. The quantitative estimate of drug-likeness (QED) is 0.826. The molecule has 0 radical (unpaired) electrons. The number of aromatic amines is 1. The third kappa shape index (κ3) is 2.76. The zero-order valence-corrected chi connectivity index (χ0v) is 13.0. The number of rotatable bonds is 3. The third-order valence-corrected chi connectivity index (χ3v) is 4.83. The lowest BCUT2D eigenvalue weighted by molar-refractivity contribution is 0.0599. The van der Waals surface area contributed by atoms with Crippen molar-refractivity contribution in [2.75, 3.05) is 18.6 Å². The fourth-order valence-corrected chi connectivity index (χ4v) is 3.71. The van der Waals surface area contributed by atoms with Crippen LogP contribution in [0.1, 0.15) is 38.5 Å². The number of carbonyl (C=O) groups excluding carboxylic acids is 2. The van der Waals surface area contributed by atoms with Crippen LogP contribution in [0.25, 0.3) is 0 Å². The van der Waals surface area contributed by atoms with Crippen LogP contribution < -0.4 is 5.32 Å². The molecule has 21 heavy (non-hydrogen) atoms. The number of aryl methyl sites for hydroxylation is 1. The molecule has 0 aromatic carbocycles. The van der Waals surface area contributed by atoms with Gasteiger partial charge in [0, 0.05) is 11.4 Å². The molecule has 0 saturated carbocycles. The molecule has 1 unspecified atom stereocenters. The monoisotopic (exact) mass is 307 g/mol. The summed E-state index contributed by atoms with van der Waals surface area (Å²) in [5, 5.41) is 12.1. The molecule has 1 saturated heterocycles. The van der Waals surface area contributed by atoms with Gasteiger partial charge in [-0.05, 0) is 31.6 Å². The van der Waals surface area contributed by atoms with Crippen molar-refractivity contribution in [3.63, 3.8) is 0 Å². The number of aromatic nitrogens is 1. The molecule has 2 N–H and O–H groups in total. The Bertz CT molecular complexity index is 624. The number of nitrogens with zero attached hydrogens (tertiary/aromatic N) is 1. The van der Waals surface area contributed by atoms with Crippen LogP contribution in [0.2, 0.25) is 0 Å². The van der Waals surface area contributed by atoms with Crippen molar-refractivity contribution in [3.8, 4) is 6.07 Å². The maximum atomic E-state index is 12.4. The van der Waals surface area contributed by atoms with E-state index in [-0.39, 0.29) is 5.91 Å². The van der Waals surface area contributed by atoms with Crippen LogP contribution >= 0.6 is 11.8 Å². The van der Waals surface area contributed by atoms with E-state index in [4.69, 9.17) is 4.74 Å². The number of thioether (sulfide) groups is 1. The summed E-state index contributed by atoms with van der Waals surface area (Å²) >= 11 is 1.64. The highest BCUT2D eigenvalue weighted by atomic mass is 32.2. The van der Waals surface area contributed by atoms with Crippen LogP contribution in [-0.4, -0.2) is 41.0 Å². The molecule has 0 aliphatic carbocycles. The molecule has 2 rings (SSSR count). The number of ether oxygens (including phenoxy) is 1. The van der Waals surface area contributed by atoms with Gasteiger partial charge in [-0.25, -0.2) is 4.79 Å². The van der Waals surface area contributed by atoms with Gasteiger partial charge < -0.3 is 15.0 Å². The Morgan fingerprint density at radius 3 is 2.71 bits per heavy atom. The lowest BCUT2D eigenvalue weighted by atomic mass is 10.0. The maximum absolute atomic E-state index is 12.4. The van der Waals surface area contributed by atoms with Gasteiger partial charge >= 0.3 is 5.97 Å². The first-order valence-electron chi connectivity index (χ1n) is 6.53. The Morgan fingerprint density at radius 1 is 1.48 bits per heavy atom. The van der Waals surface area contributed by atoms with Crippen molar-refractivity contribution in [2.45, 2.75) is 25.8 Å². The smallest absolute Gasteiger partial charge is 0.339 e. The first kappa shape index (κ1) is 15.4. The summed E-state index contributed by atoms with van der Waals surface area (Å²) < 4.78 is 4.72. The Labute approximate surface area is 127 Å². The van der Waals surface area contributed by atoms with Gasteiger partial charge in [0.1, 0.15) is 11.2 Å². The van der Waals surface area contributed by atoms with Crippen LogP contribution in [0.15, 0.2) is 0 Å². The number of esters is 1. The molecule has 1 aliphatic heterocycles. The SMILES string of the molecule is COC(=O)c1c(C)[nH]c(C(=O)NC2(C#N)CCSC2)c1C. The van der Waals surface area contributed by atoms with Gasteiger partial charge in [-0.2, -0.15) is 17.0 Å². The first-order chi connectivity index (χ1) is 9.94. The van der Waals surface area contributed by atoms with E-state index in [2.05, 4.69) is 16.4 Å². The molecular weight excluding hydrogens is 290 g/mol. The normalized spacial score (nSPS) is 20.9. The second-order valence-corrected chi connectivity index (χ2v) is 6.17. The summed E-state index contributed by atoms with van der Waals surface area (Å²) in [5.74, 6) is 0.587. The maximum Gasteiger partial charge on any atom is 0.339 e. The molecule has 112 valence electrons. The van der Waals surface area contributed by atoms with Crippen molar-refractivity contribution in [1.29, 1.82) is 5.26 Å². The molecule has 1 atom stereocenters. The number of hydrogen-bond acceptors (Lipinski definition) is 5. The molecule has 1 aliphatic rings. The number of nitriles is 1. The number of H-pyrrole nitrogens is 1. The van der Waals surface area contributed by atoms with Crippen molar-refractivity contribution < 1.29 is 14.3 Å². The molecule has 1 aromatic rings. The van der Waals surface area contributed by atoms with Crippen LogP contribution in [0.4, 0.5) is 0 Å². The van der Waals surface area contributed by atoms with Gasteiger partial charge in [-0.3, -0.25) is 4.79 Å². The van der Waals surface area contributed by atoms with Crippen molar-refractivity contribution in [3.05, 3.63) is 22.5 Å². The number of carbonyl (C=O) groups is 2. The summed E-state index contributed by atoms with van der Waals surface area (Å²) in [6.45, 7) is 3.40. The van der Waals surface area contributed by atoms with Gasteiger partial charge in [0.15, 0.2) is 0 Å². The van der Waals surface area contributed by atoms with E-state index in [1.165, 1.54) is 7.11 Å². The van der Waals surface area contributed by atoms with Crippen molar-refractivity contribution >= 4 is 23.6 Å². The van der Waals surface area contributed by atoms with Crippen LogP contribution in [0, 0.1) is 25.2 Å². The minimum absolute atomic E-state index is 0.305. The van der Waals surface area contributed by atoms with Gasteiger partial charge in [-0.15, -0.1) is 0 Å².